The first-order chi connectivity index (χ1) is 8.74. The zero-order valence-electron chi connectivity index (χ0n) is 10.9. The summed E-state index contributed by atoms with van der Waals surface area (Å²) in [6.45, 7) is 2.17. The Hall–Kier alpha value is -1.35. The van der Waals surface area contributed by atoms with Gasteiger partial charge in [-0.15, -0.1) is 0 Å². The second kappa shape index (κ2) is 6.55. The van der Waals surface area contributed by atoms with E-state index in [-0.39, 0.29) is 18.6 Å². The van der Waals surface area contributed by atoms with Crippen LogP contribution < -0.4 is 5.32 Å². The van der Waals surface area contributed by atoms with Gasteiger partial charge in [0, 0.05) is 5.69 Å². The molecule has 0 atom stereocenters. The SMILES string of the molecule is Cc1cccc(NC(=O)COC2CCCCC2)c1. The topological polar surface area (TPSA) is 38.3 Å². The van der Waals surface area contributed by atoms with Crippen LogP contribution in [0.3, 0.4) is 0 Å². The lowest BCUT2D eigenvalue weighted by Crippen LogP contribution is -2.24. The Morgan fingerprint density at radius 1 is 1.33 bits per heavy atom. The summed E-state index contributed by atoms with van der Waals surface area (Å²) in [5.41, 5.74) is 1.98. The molecule has 0 heterocycles. The molecular formula is C15H21NO2. The van der Waals surface area contributed by atoms with E-state index in [1.807, 2.05) is 31.2 Å². The normalized spacial score (nSPS) is 16.5. The second-order valence-electron chi connectivity index (χ2n) is 4.99. The van der Waals surface area contributed by atoms with E-state index in [0.717, 1.165) is 24.1 Å². The monoisotopic (exact) mass is 247 g/mol. The molecule has 0 bridgehead atoms. The summed E-state index contributed by atoms with van der Waals surface area (Å²) in [7, 11) is 0. The molecule has 1 aromatic carbocycles. The minimum atomic E-state index is -0.0637. The Balaban J connectivity index is 1.74. The second-order valence-corrected chi connectivity index (χ2v) is 4.99. The highest BCUT2D eigenvalue weighted by Crippen LogP contribution is 2.20. The van der Waals surface area contributed by atoms with E-state index >= 15 is 0 Å². The van der Waals surface area contributed by atoms with Crippen LogP contribution in [0, 0.1) is 6.92 Å². The van der Waals surface area contributed by atoms with Gasteiger partial charge in [-0.25, -0.2) is 0 Å². The molecule has 0 unspecified atom stereocenters. The lowest BCUT2D eigenvalue weighted by Gasteiger charge is -2.21. The van der Waals surface area contributed by atoms with Crippen molar-refractivity contribution in [2.24, 2.45) is 0 Å². The number of rotatable bonds is 4. The number of carbonyl (C=O) groups excluding carboxylic acids is 1. The highest BCUT2D eigenvalue weighted by Gasteiger charge is 2.15. The van der Waals surface area contributed by atoms with Gasteiger partial charge in [0.2, 0.25) is 5.91 Å². The molecule has 3 nitrogen and oxygen atoms in total. The van der Waals surface area contributed by atoms with Gasteiger partial charge in [0.1, 0.15) is 6.61 Å². The Bertz CT molecular complexity index is 397. The number of aryl methyl sites for hydroxylation is 1. The number of carbonyl (C=O) groups is 1. The Morgan fingerprint density at radius 2 is 2.11 bits per heavy atom. The summed E-state index contributed by atoms with van der Waals surface area (Å²) >= 11 is 0. The van der Waals surface area contributed by atoms with E-state index in [2.05, 4.69) is 5.32 Å². The van der Waals surface area contributed by atoms with Crippen LogP contribution in [0.2, 0.25) is 0 Å². The van der Waals surface area contributed by atoms with Crippen molar-refractivity contribution in [3.8, 4) is 0 Å². The fraction of sp³-hybridized carbons (Fsp3) is 0.533. The minimum absolute atomic E-state index is 0.0637. The van der Waals surface area contributed by atoms with Crippen LogP contribution in [-0.2, 0) is 9.53 Å². The molecule has 3 heteroatoms. The maximum atomic E-state index is 11.7. The zero-order chi connectivity index (χ0) is 12.8. The summed E-state index contributed by atoms with van der Waals surface area (Å²) in [5, 5.41) is 2.86. The van der Waals surface area contributed by atoms with Gasteiger partial charge >= 0.3 is 0 Å². The average Bonchev–Trinajstić information content (AvgIpc) is 2.38. The molecule has 1 aliphatic rings. The number of nitrogens with one attached hydrogen (secondary N) is 1. The van der Waals surface area contributed by atoms with Crippen molar-refractivity contribution in [3.05, 3.63) is 29.8 Å². The van der Waals surface area contributed by atoms with E-state index in [0.29, 0.717) is 0 Å². The Morgan fingerprint density at radius 3 is 2.83 bits per heavy atom. The van der Waals surface area contributed by atoms with Gasteiger partial charge in [0.25, 0.3) is 0 Å². The number of amides is 1. The molecule has 2 rings (SSSR count). The van der Waals surface area contributed by atoms with Gasteiger partial charge in [-0.2, -0.15) is 0 Å². The van der Waals surface area contributed by atoms with Crippen molar-refractivity contribution < 1.29 is 9.53 Å². The van der Waals surface area contributed by atoms with Crippen LogP contribution in [0.1, 0.15) is 37.7 Å². The van der Waals surface area contributed by atoms with E-state index in [1.54, 1.807) is 0 Å². The number of hydrogen-bond donors (Lipinski definition) is 1. The molecule has 1 aliphatic carbocycles. The van der Waals surface area contributed by atoms with Crippen molar-refractivity contribution in [2.45, 2.75) is 45.1 Å². The molecule has 0 saturated heterocycles. The highest BCUT2D eigenvalue weighted by molar-refractivity contribution is 5.91. The first kappa shape index (κ1) is 13.1. The first-order valence-electron chi connectivity index (χ1n) is 6.72. The van der Waals surface area contributed by atoms with Gasteiger partial charge in [-0.05, 0) is 37.5 Å². The molecule has 0 radical (unpaired) electrons. The molecule has 98 valence electrons. The van der Waals surface area contributed by atoms with Gasteiger partial charge < -0.3 is 10.1 Å². The van der Waals surface area contributed by atoms with E-state index in [9.17, 15) is 4.79 Å². The van der Waals surface area contributed by atoms with Crippen LogP contribution >= 0.6 is 0 Å². The molecular weight excluding hydrogens is 226 g/mol. The van der Waals surface area contributed by atoms with Crippen molar-refractivity contribution in [1.29, 1.82) is 0 Å². The van der Waals surface area contributed by atoms with Crippen LogP contribution in [0.4, 0.5) is 5.69 Å². The summed E-state index contributed by atoms with van der Waals surface area (Å²) in [5.74, 6) is -0.0637. The quantitative estimate of drug-likeness (QED) is 0.886. The van der Waals surface area contributed by atoms with Gasteiger partial charge in [0.15, 0.2) is 0 Å². The fourth-order valence-electron chi connectivity index (χ4n) is 2.35. The van der Waals surface area contributed by atoms with Crippen LogP contribution in [0.5, 0.6) is 0 Å². The van der Waals surface area contributed by atoms with E-state index < -0.39 is 0 Å². The molecule has 1 N–H and O–H groups in total. The zero-order valence-corrected chi connectivity index (χ0v) is 10.9. The molecule has 0 aliphatic heterocycles. The highest BCUT2D eigenvalue weighted by atomic mass is 16.5. The largest absolute Gasteiger partial charge is 0.368 e. The van der Waals surface area contributed by atoms with Crippen LogP contribution in [0.15, 0.2) is 24.3 Å². The number of benzene rings is 1. The first-order valence-corrected chi connectivity index (χ1v) is 6.72. The van der Waals surface area contributed by atoms with Crippen molar-refractivity contribution >= 4 is 11.6 Å². The third-order valence-electron chi connectivity index (χ3n) is 3.30. The molecule has 1 aromatic rings. The Kier molecular flexibility index (Phi) is 4.76. The minimum Gasteiger partial charge on any atom is -0.368 e. The number of anilines is 1. The van der Waals surface area contributed by atoms with Crippen molar-refractivity contribution in [1.82, 2.24) is 0 Å². The van der Waals surface area contributed by atoms with Gasteiger partial charge in [-0.1, -0.05) is 31.4 Å². The third-order valence-corrected chi connectivity index (χ3v) is 3.30. The van der Waals surface area contributed by atoms with E-state index in [4.69, 9.17) is 4.74 Å². The Labute approximate surface area is 109 Å². The third kappa shape index (κ3) is 4.15. The predicted octanol–water partition coefficient (Wildman–Crippen LogP) is 3.28. The number of ether oxygens (including phenoxy) is 1. The predicted molar refractivity (Wildman–Crippen MR) is 72.6 cm³/mol. The molecule has 1 fully saturated rings. The smallest absolute Gasteiger partial charge is 0.250 e. The fourth-order valence-corrected chi connectivity index (χ4v) is 2.35. The average molecular weight is 247 g/mol. The molecule has 0 spiro atoms. The molecule has 0 aromatic heterocycles. The lowest BCUT2D eigenvalue weighted by atomic mass is 9.98. The summed E-state index contributed by atoms with van der Waals surface area (Å²) in [6.07, 6.45) is 6.22. The molecule has 1 saturated carbocycles. The van der Waals surface area contributed by atoms with Crippen LogP contribution in [-0.4, -0.2) is 18.6 Å². The summed E-state index contributed by atoms with van der Waals surface area (Å²) < 4.78 is 5.64. The summed E-state index contributed by atoms with van der Waals surface area (Å²) in [4.78, 5) is 11.7. The lowest BCUT2D eigenvalue weighted by molar-refractivity contribution is -0.123. The number of hydrogen-bond acceptors (Lipinski definition) is 2. The van der Waals surface area contributed by atoms with E-state index in [1.165, 1.54) is 19.3 Å². The van der Waals surface area contributed by atoms with Crippen LogP contribution in [0.25, 0.3) is 0 Å². The molecule has 18 heavy (non-hydrogen) atoms. The van der Waals surface area contributed by atoms with Crippen molar-refractivity contribution in [3.63, 3.8) is 0 Å². The summed E-state index contributed by atoms with van der Waals surface area (Å²) in [6, 6.07) is 7.80. The van der Waals surface area contributed by atoms with Gasteiger partial charge in [-0.3, -0.25) is 4.79 Å². The standard InChI is InChI=1S/C15H21NO2/c1-12-6-5-7-13(10-12)16-15(17)11-18-14-8-3-2-4-9-14/h5-7,10,14H,2-4,8-9,11H2,1H3,(H,16,17). The maximum absolute atomic E-state index is 11.7. The van der Waals surface area contributed by atoms with Crippen molar-refractivity contribution in [2.75, 3.05) is 11.9 Å². The molecule has 1 amide bonds. The maximum Gasteiger partial charge on any atom is 0.250 e. The van der Waals surface area contributed by atoms with Gasteiger partial charge in [0.05, 0.1) is 6.10 Å².